The van der Waals surface area contributed by atoms with Crippen molar-refractivity contribution in [3.8, 4) is 0 Å². The first-order valence-corrected chi connectivity index (χ1v) is 4.65. The number of hydrogen-bond donors (Lipinski definition) is 1. The second-order valence-electron chi connectivity index (χ2n) is 4.88. The van der Waals surface area contributed by atoms with E-state index in [1.807, 2.05) is 14.1 Å². The minimum atomic E-state index is 0.0433. The predicted octanol–water partition coefficient (Wildman–Crippen LogP) is 1.10. The number of hydrogen-bond acceptors (Lipinski definition) is 2. The Morgan fingerprint density at radius 3 is 2.08 bits per heavy atom. The van der Waals surface area contributed by atoms with Crippen LogP contribution < -0.4 is 5.32 Å². The average Bonchev–Trinajstić information content (AvgIpc) is 1.81. The van der Waals surface area contributed by atoms with Gasteiger partial charge in [-0.3, -0.25) is 4.79 Å². The lowest BCUT2D eigenvalue weighted by molar-refractivity contribution is -0.120. The van der Waals surface area contributed by atoms with E-state index in [9.17, 15) is 4.79 Å². The highest BCUT2D eigenvalue weighted by molar-refractivity contribution is 5.73. The number of carbonyl (C=O) groups is 1. The van der Waals surface area contributed by atoms with Gasteiger partial charge in [0.15, 0.2) is 0 Å². The first-order chi connectivity index (χ1) is 5.73. The topological polar surface area (TPSA) is 32.3 Å². The molecule has 0 aliphatic carbocycles. The van der Waals surface area contributed by atoms with Crippen LogP contribution in [0.15, 0.2) is 0 Å². The van der Waals surface area contributed by atoms with Gasteiger partial charge < -0.3 is 10.2 Å². The van der Waals surface area contributed by atoms with Crippen LogP contribution in [0, 0.1) is 5.41 Å². The Kier molecular flexibility index (Phi) is 4.40. The summed E-state index contributed by atoms with van der Waals surface area (Å²) in [7, 11) is 4.03. The summed E-state index contributed by atoms with van der Waals surface area (Å²) in [5.41, 5.74) is 0.107. The molecule has 0 unspecified atom stereocenters. The van der Waals surface area contributed by atoms with Gasteiger partial charge in [-0.1, -0.05) is 20.8 Å². The Labute approximate surface area is 81.5 Å². The van der Waals surface area contributed by atoms with Gasteiger partial charge in [-0.25, -0.2) is 0 Å². The third kappa shape index (κ3) is 5.64. The number of likely N-dealkylation sites (N-methyl/N-ethyl adjacent to an activating group) is 1. The Bertz CT molecular complexity index is 170. The Morgan fingerprint density at radius 1 is 1.38 bits per heavy atom. The standard InChI is InChI=1S/C10H22N2O/c1-8(13)11-9(7-12(5)6)10(2,3)4/h9H,7H2,1-6H3,(H,11,13)/t9-/m1/s1. The molecule has 0 aromatic rings. The van der Waals surface area contributed by atoms with E-state index >= 15 is 0 Å². The highest BCUT2D eigenvalue weighted by Gasteiger charge is 2.25. The molecule has 0 bridgehead atoms. The smallest absolute Gasteiger partial charge is 0.217 e. The van der Waals surface area contributed by atoms with E-state index in [0.29, 0.717) is 0 Å². The van der Waals surface area contributed by atoms with Crippen LogP contribution in [0.1, 0.15) is 27.7 Å². The van der Waals surface area contributed by atoms with Crippen LogP contribution in [0.4, 0.5) is 0 Å². The van der Waals surface area contributed by atoms with E-state index < -0.39 is 0 Å². The van der Waals surface area contributed by atoms with Crippen molar-refractivity contribution in [1.29, 1.82) is 0 Å². The summed E-state index contributed by atoms with van der Waals surface area (Å²) in [5, 5.41) is 2.97. The fourth-order valence-corrected chi connectivity index (χ4v) is 1.15. The SMILES string of the molecule is CC(=O)N[C@H](CN(C)C)C(C)(C)C. The molecule has 1 N–H and O–H groups in total. The van der Waals surface area contributed by atoms with Gasteiger partial charge >= 0.3 is 0 Å². The molecule has 0 radical (unpaired) electrons. The first kappa shape index (κ1) is 12.4. The molecule has 3 nitrogen and oxygen atoms in total. The molecule has 0 heterocycles. The molecule has 0 spiro atoms. The Balaban J connectivity index is 4.28. The fourth-order valence-electron chi connectivity index (χ4n) is 1.15. The van der Waals surface area contributed by atoms with Crippen molar-refractivity contribution in [2.45, 2.75) is 33.7 Å². The van der Waals surface area contributed by atoms with Crippen LogP contribution in [0.2, 0.25) is 0 Å². The van der Waals surface area contributed by atoms with E-state index in [0.717, 1.165) is 6.54 Å². The van der Waals surface area contributed by atoms with Crippen LogP contribution in [-0.2, 0) is 4.79 Å². The molecular formula is C10H22N2O. The summed E-state index contributed by atoms with van der Waals surface area (Å²) in [5.74, 6) is 0.0433. The molecule has 0 fully saturated rings. The van der Waals surface area contributed by atoms with Crippen molar-refractivity contribution in [3.63, 3.8) is 0 Å². The fraction of sp³-hybridized carbons (Fsp3) is 0.900. The van der Waals surface area contributed by atoms with E-state index in [-0.39, 0.29) is 17.4 Å². The number of rotatable bonds is 3. The Hall–Kier alpha value is -0.570. The molecule has 0 aromatic carbocycles. The molecule has 78 valence electrons. The Morgan fingerprint density at radius 2 is 1.85 bits per heavy atom. The number of amides is 1. The van der Waals surface area contributed by atoms with Gasteiger partial charge in [0.1, 0.15) is 0 Å². The van der Waals surface area contributed by atoms with Gasteiger partial charge in [-0.15, -0.1) is 0 Å². The minimum absolute atomic E-state index is 0.0433. The molecule has 0 saturated heterocycles. The zero-order chi connectivity index (χ0) is 10.6. The number of nitrogens with zero attached hydrogens (tertiary/aromatic N) is 1. The van der Waals surface area contributed by atoms with E-state index in [1.165, 1.54) is 0 Å². The van der Waals surface area contributed by atoms with Crippen molar-refractivity contribution in [3.05, 3.63) is 0 Å². The second-order valence-corrected chi connectivity index (χ2v) is 4.88. The van der Waals surface area contributed by atoms with Crippen LogP contribution >= 0.6 is 0 Å². The molecule has 13 heavy (non-hydrogen) atoms. The minimum Gasteiger partial charge on any atom is -0.352 e. The van der Waals surface area contributed by atoms with Crippen molar-refractivity contribution < 1.29 is 4.79 Å². The van der Waals surface area contributed by atoms with Gasteiger partial charge in [0.25, 0.3) is 0 Å². The van der Waals surface area contributed by atoms with E-state index in [1.54, 1.807) is 6.92 Å². The van der Waals surface area contributed by atoms with Gasteiger partial charge in [0.05, 0.1) is 0 Å². The molecule has 3 heteroatoms. The third-order valence-corrected chi connectivity index (χ3v) is 1.97. The lowest BCUT2D eigenvalue weighted by Gasteiger charge is -2.33. The zero-order valence-electron chi connectivity index (χ0n) is 9.64. The normalized spacial score (nSPS) is 14.4. The van der Waals surface area contributed by atoms with E-state index in [4.69, 9.17) is 0 Å². The molecule has 1 amide bonds. The maximum atomic E-state index is 11.0. The summed E-state index contributed by atoms with van der Waals surface area (Å²) < 4.78 is 0. The molecule has 0 aliphatic heterocycles. The zero-order valence-corrected chi connectivity index (χ0v) is 9.64. The summed E-state index contributed by atoms with van der Waals surface area (Å²) in [4.78, 5) is 13.0. The summed E-state index contributed by atoms with van der Waals surface area (Å²) in [6.07, 6.45) is 0. The summed E-state index contributed by atoms with van der Waals surface area (Å²) in [6, 6.07) is 0.208. The number of nitrogens with one attached hydrogen (secondary N) is 1. The molecule has 0 saturated carbocycles. The third-order valence-electron chi connectivity index (χ3n) is 1.97. The van der Waals surface area contributed by atoms with Crippen molar-refractivity contribution >= 4 is 5.91 Å². The van der Waals surface area contributed by atoms with Crippen LogP contribution in [0.5, 0.6) is 0 Å². The molecule has 0 aliphatic rings. The average molecular weight is 186 g/mol. The lowest BCUT2D eigenvalue weighted by atomic mass is 9.86. The van der Waals surface area contributed by atoms with Gasteiger partial charge in [0.2, 0.25) is 5.91 Å². The second kappa shape index (κ2) is 4.61. The van der Waals surface area contributed by atoms with Gasteiger partial charge in [-0.2, -0.15) is 0 Å². The van der Waals surface area contributed by atoms with Crippen LogP contribution in [-0.4, -0.2) is 37.5 Å². The predicted molar refractivity (Wildman–Crippen MR) is 55.6 cm³/mol. The molecule has 0 aromatic heterocycles. The van der Waals surface area contributed by atoms with Crippen LogP contribution in [0.3, 0.4) is 0 Å². The maximum absolute atomic E-state index is 11.0. The number of carbonyl (C=O) groups excluding carboxylic acids is 1. The highest BCUT2D eigenvalue weighted by Crippen LogP contribution is 2.19. The van der Waals surface area contributed by atoms with Crippen LogP contribution in [0.25, 0.3) is 0 Å². The maximum Gasteiger partial charge on any atom is 0.217 e. The molecule has 0 rings (SSSR count). The van der Waals surface area contributed by atoms with Crippen molar-refractivity contribution in [2.24, 2.45) is 5.41 Å². The quantitative estimate of drug-likeness (QED) is 0.716. The first-order valence-electron chi connectivity index (χ1n) is 4.65. The summed E-state index contributed by atoms with van der Waals surface area (Å²) in [6.45, 7) is 8.85. The monoisotopic (exact) mass is 186 g/mol. The van der Waals surface area contributed by atoms with Gasteiger partial charge in [-0.05, 0) is 19.5 Å². The molecule has 1 atom stereocenters. The molecular weight excluding hydrogens is 164 g/mol. The lowest BCUT2D eigenvalue weighted by Crippen LogP contribution is -2.48. The summed E-state index contributed by atoms with van der Waals surface area (Å²) >= 11 is 0. The van der Waals surface area contributed by atoms with Crippen molar-refractivity contribution in [1.82, 2.24) is 10.2 Å². The largest absolute Gasteiger partial charge is 0.352 e. The van der Waals surface area contributed by atoms with E-state index in [2.05, 4.69) is 31.0 Å². The highest BCUT2D eigenvalue weighted by atomic mass is 16.1. The van der Waals surface area contributed by atoms with Gasteiger partial charge in [0, 0.05) is 19.5 Å². The van der Waals surface area contributed by atoms with Crippen molar-refractivity contribution in [2.75, 3.05) is 20.6 Å².